The number of hydrogen-bond acceptors (Lipinski definition) is 6. The highest BCUT2D eigenvalue weighted by Crippen LogP contribution is 2.25. The lowest BCUT2D eigenvalue weighted by Gasteiger charge is -2.12. The van der Waals surface area contributed by atoms with Gasteiger partial charge in [-0.05, 0) is 52.4 Å². The Morgan fingerprint density at radius 3 is 2.48 bits per heavy atom. The fourth-order valence-electron chi connectivity index (χ4n) is 3.20. The SMILES string of the molecule is COc1ccc(OC)c(CNCc2cc(-c3ccc(F)cc3)cn3nnnc23)c1. The van der Waals surface area contributed by atoms with Crippen LogP contribution in [0.3, 0.4) is 0 Å². The van der Waals surface area contributed by atoms with E-state index in [0.29, 0.717) is 18.7 Å². The molecule has 0 amide bonds. The number of halogens is 1. The second-order valence-electron chi connectivity index (χ2n) is 6.49. The number of fused-ring (bicyclic) bond motifs is 1. The first-order chi connectivity index (χ1) is 14.2. The minimum absolute atomic E-state index is 0.272. The standard InChI is InChI=1S/C21H20FN5O2/c1-28-19-7-8-20(29-2)15(10-19)11-23-12-16-9-17(13-27-21(16)24-25-26-27)14-3-5-18(22)6-4-14/h3-10,13,23H,11-12H2,1-2H3. The molecule has 2 aromatic heterocycles. The average Bonchev–Trinajstić information content (AvgIpc) is 3.23. The lowest BCUT2D eigenvalue weighted by Crippen LogP contribution is -2.14. The normalized spacial score (nSPS) is 11.0. The number of ether oxygens (including phenoxy) is 2. The Labute approximate surface area is 167 Å². The van der Waals surface area contributed by atoms with Crippen LogP contribution in [-0.4, -0.2) is 34.3 Å². The van der Waals surface area contributed by atoms with E-state index in [9.17, 15) is 4.39 Å². The van der Waals surface area contributed by atoms with Gasteiger partial charge in [-0.3, -0.25) is 0 Å². The van der Waals surface area contributed by atoms with E-state index >= 15 is 0 Å². The molecule has 148 valence electrons. The van der Waals surface area contributed by atoms with Crippen LogP contribution in [0, 0.1) is 5.82 Å². The van der Waals surface area contributed by atoms with Crippen LogP contribution < -0.4 is 14.8 Å². The van der Waals surface area contributed by atoms with Crippen molar-refractivity contribution in [2.24, 2.45) is 0 Å². The van der Waals surface area contributed by atoms with Crippen molar-refractivity contribution >= 4 is 5.65 Å². The molecule has 0 saturated carbocycles. The van der Waals surface area contributed by atoms with E-state index in [1.165, 1.54) is 12.1 Å². The first kappa shape index (κ1) is 18.8. The highest BCUT2D eigenvalue weighted by Gasteiger charge is 2.10. The second-order valence-corrected chi connectivity index (χ2v) is 6.49. The Bertz CT molecular complexity index is 1130. The zero-order chi connectivity index (χ0) is 20.2. The first-order valence-corrected chi connectivity index (χ1v) is 9.06. The number of nitrogens with one attached hydrogen (secondary N) is 1. The fraction of sp³-hybridized carbons (Fsp3) is 0.190. The van der Waals surface area contributed by atoms with Gasteiger partial charge in [0.05, 0.1) is 14.2 Å². The summed E-state index contributed by atoms with van der Waals surface area (Å²) in [7, 11) is 3.28. The fourth-order valence-corrected chi connectivity index (χ4v) is 3.20. The summed E-state index contributed by atoms with van der Waals surface area (Å²) in [6.45, 7) is 1.12. The van der Waals surface area contributed by atoms with Crippen molar-refractivity contribution < 1.29 is 13.9 Å². The summed E-state index contributed by atoms with van der Waals surface area (Å²) in [5, 5.41) is 15.3. The van der Waals surface area contributed by atoms with Gasteiger partial charge in [-0.15, -0.1) is 5.10 Å². The van der Waals surface area contributed by atoms with Crippen LogP contribution in [0.4, 0.5) is 4.39 Å². The molecule has 29 heavy (non-hydrogen) atoms. The summed E-state index contributed by atoms with van der Waals surface area (Å²) >= 11 is 0. The zero-order valence-corrected chi connectivity index (χ0v) is 16.1. The largest absolute Gasteiger partial charge is 0.497 e. The van der Waals surface area contributed by atoms with Gasteiger partial charge in [0, 0.05) is 36.0 Å². The maximum Gasteiger partial charge on any atom is 0.183 e. The van der Waals surface area contributed by atoms with E-state index in [0.717, 1.165) is 33.8 Å². The van der Waals surface area contributed by atoms with Crippen LogP contribution in [-0.2, 0) is 13.1 Å². The number of tetrazole rings is 1. The van der Waals surface area contributed by atoms with Gasteiger partial charge in [-0.25, -0.2) is 4.39 Å². The third-order valence-electron chi connectivity index (χ3n) is 4.67. The molecule has 4 aromatic rings. The van der Waals surface area contributed by atoms with E-state index in [1.807, 2.05) is 30.5 Å². The number of aromatic nitrogens is 4. The van der Waals surface area contributed by atoms with Crippen LogP contribution in [0.1, 0.15) is 11.1 Å². The number of nitrogens with zero attached hydrogens (tertiary/aromatic N) is 4. The molecule has 0 aliphatic carbocycles. The smallest absolute Gasteiger partial charge is 0.183 e. The summed E-state index contributed by atoms with van der Waals surface area (Å²) in [4.78, 5) is 0. The lowest BCUT2D eigenvalue weighted by atomic mass is 10.1. The molecule has 4 rings (SSSR count). The van der Waals surface area contributed by atoms with E-state index in [4.69, 9.17) is 9.47 Å². The van der Waals surface area contributed by atoms with E-state index in [-0.39, 0.29) is 5.82 Å². The molecule has 0 aliphatic heterocycles. The zero-order valence-electron chi connectivity index (χ0n) is 16.1. The number of rotatable bonds is 7. The van der Waals surface area contributed by atoms with Gasteiger partial charge in [0.15, 0.2) is 5.65 Å². The number of hydrogen-bond donors (Lipinski definition) is 1. The van der Waals surface area contributed by atoms with Gasteiger partial charge >= 0.3 is 0 Å². The lowest BCUT2D eigenvalue weighted by molar-refractivity contribution is 0.397. The highest BCUT2D eigenvalue weighted by atomic mass is 19.1. The Kier molecular flexibility index (Phi) is 5.35. The maximum absolute atomic E-state index is 13.3. The Morgan fingerprint density at radius 1 is 0.931 bits per heavy atom. The van der Waals surface area contributed by atoms with Crippen molar-refractivity contribution in [3.63, 3.8) is 0 Å². The summed E-state index contributed by atoms with van der Waals surface area (Å²) in [6, 6.07) is 14.0. The van der Waals surface area contributed by atoms with Crippen LogP contribution in [0.2, 0.25) is 0 Å². The molecule has 0 saturated heterocycles. The molecule has 0 spiro atoms. The first-order valence-electron chi connectivity index (χ1n) is 9.06. The molecular weight excluding hydrogens is 373 g/mol. The summed E-state index contributed by atoms with van der Waals surface area (Å²) in [5.74, 6) is 1.28. The van der Waals surface area contributed by atoms with Crippen molar-refractivity contribution in [1.82, 2.24) is 25.4 Å². The van der Waals surface area contributed by atoms with Crippen molar-refractivity contribution in [3.8, 4) is 22.6 Å². The minimum atomic E-state index is -0.272. The van der Waals surface area contributed by atoms with E-state index in [1.54, 1.807) is 30.9 Å². The quantitative estimate of drug-likeness (QED) is 0.520. The van der Waals surface area contributed by atoms with Crippen molar-refractivity contribution in [1.29, 1.82) is 0 Å². The predicted octanol–water partition coefficient (Wildman–Crippen LogP) is 3.24. The highest BCUT2D eigenvalue weighted by molar-refractivity contribution is 5.66. The Hall–Kier alpha value is -3.52. The molecule has 0 bridgehead atoms. The molecule has 0 atom stereocenters. The van der Waals surface area contributed by atoms with Gasteiger partial charge in [0.25, 0.3) is 0 Å². The van der Waals surface area contributed by atoms with Gasteiger partial charge in [0.2, 0.25) is 0 Å². The molecule has 0 unspecified atom stereocenters. The van der Waals surface area contributed by atoms with Crippen molar-refractivity contribution in [2.45, 2.75) is 13.1 Å². The van der Waals surface area contributed by atoms with Gasteiger partial charge in [-0.1, -0.05) is 12.1 Å². The topological polar surface area (TPSA) is 73.6 Å². The second kappa shape index (κ2) is 8.24. The van der Waals surface area contributed by atoms with Crippen LogP contribution in [0.15, 0.2) is 54.7 Å². The molecule has 2 aromatic carbocycles. The average molecular weight is 393 g/mol. The Balaban J connectivity index is 1.58. The van der Waals surface area contributed by atoms with Gasteiger partial charge in [0.1, 0.15) is 17.3 Å². The monoisotopic (exact) mass is 393 g/mol. The third kappa shape index (κ3) is 4.02. The van der Waals surface area contributed by atoms with Crippen LogP contribution >= 0.6 is 0 Å². The van der Waals surface area contributed by atoms with Crippen LogP contribution in [0.25, 0.3) is 16.8 Å². The maximum atomic E-state index is 13.3. The number of pyridine rings is 1. The summed E-state index contributed by atoms with van der Waals surface area (Å²) in [6.07, 6.45) is 1.83. The molecule has 0 fully saturated rings. The van der Waals surface area contributed by atoms with Crippen LogP contribution in [0.5, 0.6) is 11.5 Å². The Morgan fingerprint density at radius 2 is 1.72 bits per heavy atom. The van der Waals surface area contributed by atoms with Gasteiger partial charge < -0.3 is 14.8 Å². The van der Waals surface area contributed by atoms with Gasteiger partial charge in [-0.2, -0.15) is 4.52 Å². The van der Waals surface area contributed by atoms with Crippen molar-refractivity contribution in [2.75, 3.05) is 14.2 Å². The number of benzene rings is 2. The minimum Gasteiger partial charge on any atom is -0.497 e. The van der Waals surface area contributed by atoms with E-state index < -0.39 is 0 Å². The van der Waals surface area contributed by atoms with E-state index in [2.05, 4.69) is 20.8 Å². The molecule has 1 N–H and O–H groups in total. The van der Waals surface area contributed by atoms with Crippen molar-refractivity contribution in [3.05, 3.63) is 71.7 Å². The molecular formula is C21H20FN5O2. The third-order valence-corrected chi connectivity index (χ3v) is 4.67. The molecule has 8 heteroatoms. The summed E-state index contributed by atoms with van der Waals surface area (Å²) < 4.78 is 25.6. The molecule has 0 aliphatic rings. The molecule has 0 radical (unpaired) electrons. The predicted molar refractivity (Wildman–Crippen MR) is 106 cm³/mol. The molecule has 2 heterocycles. The molecule has 7 nitrogen and oxygen atoms in total. The summed E-state index contributed by atoms with van der Waals surface area (Å²) in [5.41, 5.74) is 4.37. The number of methoxy groups -OCH3 is 2.